The predicted molar refractivity (Wildman–Crippen MR) is 131 cm³/mol. The molecule has 0 aliphatic rings. The van der Waals surface area contributed by atoms with Gasteiger partial charge < -0.3 is 0 Å². The van der Waals surface area contributed by atoms with Gasteiger partial charge in [0, 0.05) is 22.5 Å². The summed E-state index contributed by atoms with van der Waals surface area (Å²) in [5, 5.41) is 19.4. The van der Waals surface area contributed by atoms with Crippen LogP contribution in [0, 0.1) is 0 Å². The quantitative estimate of drug-likeness (QED) is 0.309. The van der Waals surface area contributed by atoms with Gasteiger partial charge in [0.1, 0.15) is 0 Å². The first-order valence-electron chi connectivity index (χ1n) is 10.0. The number of para-hydroxylation sites is 2. The summed E-state index contributed by atoms with van der Waals surface area (Å²) < 4.78 is 4.16. The van der Waals surface area contributed by atoms with Gasteiger partial charge in [0.2, 0.25) is 0 Å². The molecule has 0 aliphatic carbocycles. The van der Waals surface area contributed by atoms with E-state index in [-0.39, 0.29) is 0 Å². The van der Waals surface area contributed by atoms with Crippen molar-refractivity contribution in [2.45, 2.75) is 10.3 Å². The van der Waals surface area contributed by atoms with E-state index < -0.39 is 0 Å². The molecule has 0 unspecified atom stereocenters. The number of rotatable bonds is 6. The highest BCUT2D eigenvalue weighted by atomic mass is 32.2. The molecule has 5 rings (SSSR count). The summed E-state index contributed by atoms with van der Waals surface area (Å²) in [6, 6.07) is 28.6. The third-order valence-corrected chi connectivity index (χ3v) is 6.32. The summed E-state index contributed by atoms with van der Waals surface area (Å²) in [6.07, 6.45) is 4.02. The van der Waals surface area contributed by atoms with Crippen molar-refractivity contribution in [1.29, 1.82) is 0 Å². The molecule has 6 nitrogen and oxygen atoms in total. The average molecular weight is 457 g/mol. The molecule has 0 saturated carbocycles. The van der Waals surface area contributed by atoms with Crippen LogP contribution < -0.4 is 0 Å². The van der Waals surface area contributed by atoms with Crippen LogP contribution in [0.4, 0.5) is 0 Å². The molecule has 0 radical (unpaired) electrons. The molecule has 0 spiro atoms. The van der Waals surface area contributed by atoms with Crippen LogP contribution in [0.5, 0.6) is 0 Å². The third kappa shape index (κ3) is 3.72. The lowest BCUT2D eigenvalue weighted by Crippen LogP contribution is -2.00. The van der Waals surface area contributed by atoms with Gasteiger partial charge in [0.05, 0.1) is 0 Å². The first kappa shape index (κ1) is 20.5. The molecule has 0 aliphatic heterocycles. The van der Waals surface area contributed by atoms with E-state index in [1.807, 2.05) is 48.9 Å². The van der Waals surface area contributed by atoms with E-state index >= 15 is 0 Å². The number of nitrogens with zero attached hydrogens (tertiary/aromatic N) is 6. The SMILES string of the molecule is CSc1nnc(-c2ccc(-c3nnc(SC)n3-c3ccccc3)cc2)n1-c1ccccc1. The minimum absolute atomic E-state index is 0.807. The Morgan fingerprint density at radius 3 is 1.22 bits per heavy atom. The summed E-state index contributed by atoms with van der Waals surface area (Å²) in [6.45, 7) is 0. The maximum atomic E-state index is 4.47. The van der Waals surface area contributed by atoms with Crippen LogP contribution in [0.15, 0.2) is 95.2 Å². The second-order valence-electron chi connectivity index (χ2n) is 6.94. The van der Waals surface area contributed by atoms with Crippen LogP contribution >= 0.6 is 23.5 Å². The molecule has 5 aromatic rings. The van der Waals surface area contributed by atoms with Crippen molar-refractivity contribution in [2.75, 3.05) is 12.5 Å². The lowest BCUT2D eigenvalue weighted by molar-refractivity contribution is 0.888. The van der Waals surface area contributed by atoms with Crippen molar-refractivity contribution in [3.63, 3.8) is 0 Å². The molecular weight excluding hydrogens is 436 g/mol. The predicted octanol–water partition coefficient (Wildman–Crippen LogP) is 5.63. The largest absolute Gasteiger partial charge is 0.270 e. The molecule has 0 fully saturated rings. The molecule has 2 aromatic heterocycles. The van der Waals surface area contributed by atoms with Crippen molar-refractivity contribution in [3.8, 4) is 34.2 Å². The maximum absolute atomic E-state index is 4.47. The van der Waals surface area contributed by atoms with Gasteiger partial charge in [-0.1, -0.05) is 84.2 Å². The molecule has 0 amide bonds. The van der Waals surface area contributed by atoms with Gasteiger partial charge in [0.25, 0.3) is 0 Å². The van der Waals surface area contributed by atoms with Gasteiger partial charge in [-0.15, -0.1) is 20.4 Å². The van der Waals surface area contributed by atoms with Crippen LogP contribution in [-0.4, -0.2) is 42.0 Å². The Hall–Kier alpha value is -3.36. The van der Waals surface area contributed by atoms with Crippen molar-refractivity contribution in [3.05, 3.63) is 84.9 Å². The number of thioether (sulfide) groups is 2. The van der Waals surface area contributed by atoms with E-state index in [0.717, 1.165) is 44.5 Å². The molecule has 8 heteroatoms. The van der Waals surface area contributed by atoms with Crippen molar-refractivity contribution < 1.29 is 0 Å². The fourth-order valence-electron chi connectivity index (χ4n) is 3.57. The van der Waals surface area contributed by atoms with E-state index in [9.17, 15) is 0 Å². The van der Waals surface area contributed by atoms with E-state index in [1.165, 1.54) is 0 Å². The van der Waals surface area contributed by atoms with Gasteiger partial charge in [-0.05, 0) is 36.8 Å². The number of hydrogen-bond donors (Lipinski definition) is 0. The Morgan fingerprint density at radius 1 is 0.500 bits per heavy atom. The molecule has 0 bridgehead atoms. The van der Waals surface area contributed by atoms with Crippen LogP contribution in [0.25, 0.3) is 34.2 Å². The molecule has 0 saturated heterocycles. The molecule has 0 atom stereocenters. The lowest BCUT2D eigenvalue weighted by atomic mass is 10.1. The smallest absolute Gasteiger partial charge is 0.195 e. The number of hydrogen-bond acceptors (Lipinski definition) is 6. The molecular formula is C24H20N6S2. The fourth-order valence-corrected chi connectivity index (χ4v) is 4.56. The van der Waals surface area contributed by atoms with Crippen LogP contribution in [-0.2, 0) is 0 Å². The molecule has 32 heavy (non-hydrogen) atoms. The highest BCUT2D eigenvalue weighted by Crippen LogP contribution is 2.30. The van der Waals surface area contributed by atoms with Gasteiger partial charge in [-0.2, -0.15) is 0 Å². The summed E-state index contributed by atoms with van der Waals surface area (Å²) in [7, 11) is 0. The summed E-state index contributed by atoms with van der Waals surface area (Å²) in [5.41, 5.74) is 4.05. The molecule has 0 N–H and O–H groups in total. The normalized spacial score (nSPS) is 11.1. The Balaban J connectivity index is 1.57. The molecule has 158 valence electrons. The zero-order valence-electron chi connectivity index (χ0n) is 17.6. The molecule has 3 aromatic carbocycles. The van der Waals surface area contributed by atoms with Crippen LogP contribution in [0.1, 0.15) is 0 Å². The zero-order valence-corrected chi connectivity index (χ0v) is 19.2. The monoisotopic (exact) mass is 456 g/mol. The van der Waals surface area contributed by atoms with Crippen molar-refractivity contribution in [1.82, 2.24) is 29.5 Å². The van der Waals surface area contributed by atoms with Crippen LogP contribution in [0.2, 0.25) is 0 Å². The average Bonchev–Trinajstić information content (AvgIpc) is 3.49. The van der Waals surface area contributed by atoms with Crippen molar-refractivity contribution in [2.24, 2.45) is 0 Å². The van der Waals surface area contributed by atoms with E-state index in [1.54, 1.807) is 23.5 Å². The van der Waals surface area contributed by atoms with Crippen molar-refractivity contribution >= 4 is 23.5 Å². The van der Waals surface area contributed by atoms with E-state index in [4.69, 9.17) is 0 Å². The maximum Gasteiger partial charge on any atom is 0.195 e. The highest BCUT2D eigenvalue weighted by molar-refractivity contribution is 7.98. The third-order valence-electron chi connectivity index (χ3n) is 5.06. The van der Waals surface area contributed by atoms with E-state index in [2.05, 4.69) is 78.1 Å². The van der Waals surface area contributed by atoms with Gasteiger partial charge in [-0.25, -0.2) is 0 Å². The Morgan fingerprint density at radius 2 is 0.875 bits per heavy atom. The summed E-state index contributed by atoms with van der Waals surface area (Å²) in [4.78, 5) is 0. The van der Waals surface area contributed by atoms with Gasteiger partial charge in [-0.3, -0.25) is 9.13 Å². The first-order valence-corrected chi connectivity index (χ1v) is 12.5. The van der Waals surface area contributed by atoms with E-state index in [0.29, 0.717) is 0 Å². The topological polar surface area (TPSA) is 61.4 Å². The Bertz CT molecular complexity index is 1220. The summed E-state index contributed by atoms with van der Waals surface area (Å²) >= 11 is 3.15. The standard InChI is InChI=1S/C24H20N6S2/c1-31-23-27-25-21(29(23)19-9-5-3-6-10-19)17-13-15-18(16-14-17)22-26-28-24(32-2)30(22)20-11-7-4-8-12-20/h3-16H,1-2H3. The highest BCUT2D eigenvalue weighted by Gasteiger charge is 2.17. The molecule has 2 heterocycles. The van der Waals surface area contributed by atoms with Gasteiger partial charge in [0.15, 0.2) is 22.0 Å². The minimum Gasteiger partial charge on any atom is -0.270 e. The second-order valence-corrected chi connectivity index (χ2v) is 8.49. The lowest BCUT2D eigenvalue weighted by Gasteiger charge is -2.11. The second kappa shape index (κ2) is 9.02. The number of aromatic nitrogens is 6. The fraction of sp³-hybridized carbons (Fsp3) is 0.0833. The Kier molecular flexibility index (Phi) is 5.79. The van der Waals surface area contributed by atoms with Gasteiger partial charge >= 0.3 is 0 Å². The zero-order chi connectivity index (χ0) is 21.9. The van der Waals surface area contributed by atoms with Crippen LogP contribution in [0.3, 0.4) is 0 Å². The first-order chi connectivity index (χ1) is 15.8. The summed E-state index contributed by atoms with van der Waals surface area (Å²) in [5.74, 6) is 1.61. The minimum atomic E-state index is 0.807. The Labute approximate surface area is 194 Å². The number of benzene rings is 3.